The van der Waals surface area contributed by atoms with Crippen molar-refractivity contribution in [1.29, 1.82) is 0 Å². The van der Waals surface area contributed by atoms with Gasteiger partial charge in [-0.15, -0.1) is 0 Å². The minimum Gasteiger partial charge on any atom is -0.345 e. The van der Waals surface area contributed by atoms with Crippen LogP contribution in [0, 0.1) is 5.92 Å². The highest BCUT2D eigenvalue weighted by Crippen LogP contribution is 2.28. The fraction of sp³-hybridized carbons (Fsp3) is 0.923. The minimum absolute atomic E-state index is 0.313. The number of carbonyl (C=O) groups is 1. The number of carbonyl (C=O) groups excluding carboxylic acids is 1. The molecule has 0 bridgehead atoms. The molecule has 19 heavy (non-hydrogen) atoms. The zero-order chi connectivity index (χ0) is 14.5. The molecule has 0 aromatic carbocycles. The number of hydrogen-bond acceptors (Lipinski definition) is 4. The van der Waals surface area contributed by atoms with E-state index >= 15 is 0 Å². The van der Waals surface area contributed by atoms with Gasteiger partial charge < -0.3 is 10.6 Å². The van der Waals surface area contributed by atoms with Crippen LogP contribution in [0.5, 0.6) is 0 Å². The third kappa shape index (κ3) is 5.10. The molecule has 0 radical (unpaired) electrons. The summed E-state index contributed by atoms with van der Waals surface area (Å²) >= 11 is 0. The molecule has 6 heteroatoms. The summed E-state index contributed by atoms with van der Waals surface area (Å²) < 4.78 is 24.5. The Labute approximate surface area is 116 Å². The van der Waals surface area contributed by atoms with Gasteiger partial charge in [0.15, 0.2) is 9.84 Å². The van der Waals surface area contributed by atoms with E-state index in [-0.39, 0.29) is 16.9 Å². The lowest BCUT2D eigenvalue weighted by atomic mass is 9.91. The van der Waals surface area contributed by atoms with Crippen LogP contribution in [0.4, 0.5) is 0 Å². The lowest BCUT2D eigenvalue weighted by Crippen LogP contribution is -2.38. The van der Waals surface area contributed by atoms with E-state index in [1.807, 2.05) is 0 Å². The van der Waals surface area contributed by atoms with Crippen molar-refractivity contribution in [3.63, 3.8) is 0 Å². The Morgan fingerprint density at radius 2 is 2.05 bits per heavy atom. The van der Waals surface area contributed by atoms with Crippen LogP contribution in [0.15, 0.2) is 0 Å². The minimum atomic E-state index is -3.31. The molecule has 1 fully saturated rings. The number of nitrogens with two attached hydrogens (primary N) is 1. The van der Waals surface area contributed by atoms with Crippen molar-refractivity contribution in [3.05, 3.63) is 0 Å². The zero-order valence-corrected chi connectivity index (χ0v) is 12.8. The van der Waals surface area contributed by atoms with Crippen molar-refractivity contribution < 1.29 is 13.2 Å². The highest BCUT2D eigenvalue weighted by Gasteiger charge is 2.32. The first-order chi connectivity index (χ1) is 8.86. The Morgan fingerprint density at radius 3 is 2.63 bits per heavy atom. The highest BCUT2D eigenvalue weighted by molar-refractivity contribution is 7.92. The lowest BCUT2D eigenvalue weighted by molar-refractivity contribution is -0.127. The standard InChI is InChI=1S/C13H26N2O3S/c1-11-5-3-6-12(9-11)19(17,18)10-13(16)15(2)8-4-7-14/h11-12H,3-10,14H2,1-2H3. The second-order valence-corrected chi connectivity index (χ2v) is 7.94. The average Bonchev–Trinajstić information content (AvgIpc) is 2.35. The van der Waals surface area contributed by atoms with Crippen molar-refractivity contribution in [2.75, 3.05) is 25.9 Å². The molecule has 0 saturated heterocycles. The van der Waals surface area contributed by atoms with E-state index in [0.717, 1.165) is 12.8 Å². The van der Waals surface area contributed by atoms with Crippen molar-refractivity contribution >= 4 is 15.7 Å². The predicted octanol–water partition coefficient (Wildman–Crippen LogP) is 0.787. The molecule has 2 N–H and O–H groups in total. The van der Waals surface area contributed by atoms with E-state index in [1.54, 1.807) is 7.05 Å². The van der Waals surface area contributed by atoms with Gasteiger partial charge >= 0.3 is 0 Å². The summed E-state index contributed by atoms with van der Waals surface area (Å²) in [6.07, 6.45) is 4.13. The summed E-state index contributed by atoms with van der Waals surface area (Å²) in [5, 5.41) is -0.330. The summed E-state index contributed by atoms with van der Waals surface area (Å²) in [6.45, 7) is 3.10. The first kappa shape index (κ1) is 16.4. The molecule has 1 aliphatic rings. The second kappa shape index (κ2) is 7.24. The monoisotopic (exact) mass is 290 g/mol. The van der Waals surface area contributed by atoms with Crippen LogP contribution in [-0.2, 0) is 14.6 Å². The smallest absolute Gasteiger partial charge is 0.237 e. The molecule has 2 atom stereocenters. The van der Waals surface area contributed by atoms with Crippen molar-refractivity contribution in [2.45, 2.75) is 44.3 Å². The first-order valence-corrected chi connectivity index (χ1v) is 8.74. The van der Waals surface area contributed by atoms with E-state index in [0.29, 0.717) is 38.3 Å². The maximum Gasteiger partial charge on any atom is 0.237 e. The van der Waals surface area contributed by atoms with E-state index in [1.165, 1.54) is 4.90 Å². The second-order valence-electron chi connectivity index (χ2n) is 5.66. The fourth-order valence-electron chi connectivity index (χ4n) is 2.56. The molecule has 2 unspecified atom stereocenters. The normalized spacial score (nSPS) is 24.2. The van der Waals surface area contributed by atoms with Crippen LogP contribution in [0.2, 0.25) is 0 Å². The van der Waals surface area contributed by atoms with E-state index in [9.17, 15) is 13.2 Å². The van der Waals surface area contributed by atoms with E-state index in [2.05, 4.69) is 6.92 Å². The molecule has 1 rings (SSSR count). The summed E-state index contributed by atoms with van der Waals surface area (Å²) in [6, 6.07) is 0. The van der Waals surface area contributed by atoms with Crippen LogP contribution in [0.1, 0.15) is 39.0 Å². The van der Waals surface area contributed by atoms with Gasteiger partial charge in [0.05, 0.1) is 5.25 Å². The van der Waals surface area contributed by atoms with Crippen molar-refractivity contribution in [2.24, 2.45) is 11.7 Å². The Hall–Kier alpha value is -0.620. The maximum atomic E-state index is 12.2. The van der Waals surface area contributed by atoms with Gasteiger partial charge in [0, 0.05) is 13.6 Å². The molecule has 0 spiro atoms. The van der Waals surface area contributed by atoms with Crippen LogP contribution in [0.25, 0.3) is 0 Å². The number of sulfone groups is 1. The molecule has 1 aliphatic carbocycles. The van der Waals surface area contributed by atoms with Gasteiger partial charge in [0.2, 0.25) is 5.91 Å². The Balaban J connectivity index is 2.56. The van der Waals surface area contributed by atoms with Gasteiger partial charge in [-0.3, -0.25) is 4.79 Å². The Bertz CT molecular complexity index is 395. The Morgan fingerprint density at radius 1 is 1.37 bits per heavy atom. The van der Waals surface area contributed by atoms with Gasteiger partial charge in [-0.2, -0.15) is 0 Å². The zero-order valence-electron chi connectivity index (χ0n) is 12.0. The molecule has 0 heterocycles. The largest absolute Gasteiger partial charge is 0.345 e. The molecule has 1 amide bonds. The number of rotatable bonds is 6. The van der Waals surface area contributed by atoms with Gasteiger partial charge in [0.1, 0.15) is 5.75 Å². The molecular weight excluding hydrogens is 264 g/mol. The van der Waals surface area contributed by atoms with Gasteiger partial charge in [-0.1, -0.05) is 19.8 Å². The molecule has 1 saturated carbocycles. The molecular formula is C13H26N2O3S. The van der Waals surface area contributed by atoms with Crippen LogP contribution < -0.4 is 5.73 Å². The topological polar surface area (TPSA) is 80.5 Å². The van der Waals surface area contributed by atoms with Gasteiger partial charge in [0.25, 0.3) is 0 Å². The van der Waals surface area contributed by atoms with Crippen molar-refractivity contribution in [3.8, 4) is 0 Å². The SMILES string of the molecule is CC1CCCC(S(=O)(=O)CC(=O)N(C)CCCN)C1. The van der Waals surface area contributed by atoms with Gasteiger partial charge in [-0.05, 0) is 31.7 Å². The maximum absolute atomic E-state index is 12.2. The lowest BCUT2D eigenvalue weighted by Gasteiger charge is -2.27. The van der Waals surface area contributed by atoms with Crippen molar-refractivity contribution in [1.82, 2.24) is 4.90 Å². The third-order valence-corrected chi connectivity index (χ3v) is 5.94. The summed E-state index contributed by atoms with van der Waals surface area (Å²) in [7, 11) is -1.67. The van der Waals surface area contributed by atoms with E-state index in [4.69, 9.17) is 5.73 Å². The first-order valence-electron chi connectivity index (χ1n) is 7.02. The predicted molar refractivity (Wildman–Crippen MR) is 76.5 cm³/mol. The average molecular weight is 290 g/mol. The quantitative estimate of drug-likeness (QED) is 0.784. The number of nitrogens with zero attached hydrogens (tertiary/aromatic N) is 1. The van der Waals surface area contributed by atoms with Crippen LogP contribution in [0.3, 0.4) is 0 Å². The van der Waals surface area contributed by atoms with Crippen LogP contribution in [-0.4, -0.2) is 50.4 Å². The highest BCUT2D eigenvalue weighted by atomic mass is 32.2. The summed E-state index contributed by atoms with van der Waals surface area (Å²) in [5.74, 6) is -0.226. The summed E-state index contributed by atoms with van der Waals surface area (Å²) in [4.78, 5) is 13.4. The van der Waals surface area contributed by atoms with Gasteiger partial charge in [-0.25, -0.2) is 8.42 Å². The molecule has 112 valence electrons. The molecule has 0 aromatic heterocycles. The molecule has 0 aliphatic heterocycles. The molecule has 5 nitrogen and oxygen atoms in total. The Kier molecular flexibility index (Phi) is 6.26. The third-order valence-electron chi connectivity index (χ3n) is 3.84. The van der Waals surface area contributed by atoms with Crippen LogP contribution >= 0.6 is 0 Å². The summed E-state index contributed by atoms with van der Waals surface area (Å²) in [5.41, 5.74) is 5.38. The number of amides is 1. The number of hydrogen-bond donors (Lipinski definition) is 1. The fourth-order valence-corrected chi connectivity index (χ4v) is 4.51. The molecule has 0 aromatic rings. The van der Waals surface area contributed by atoms with E-state index < -0.39 is 9.84 Å².